The van der Waals surface area contributed by atoms with Crippen molar-refractivity contribution in [2.24, 2.45) is 5.41 Å². The summed E-state index contributed by atoms with van der Waals surface area (Å²) >= 11 is 0. The second-order valence-electron chi connectivity index (χ2n) is 8.48. The summed E-state index contributed by atoms with van der Waals surface area (Å²) in [6, 6.07) is 8.42. The molecule has 3 heteroatoms. The second kappa shape index (κ2) is 6.04. The topological polar surface area (TPSA) is 21.3 Å². The van der Waals surface area contributed by atoms with Gasteiger partial charge in [-0.15, -0.1) is 0 Å². The standard InChI is InChI=1S/C18H32BNO/c1-16(2,3)18(7,8)21-19(9)14-12-10-11-13-15(14)20-17(4,5)6/h10-13,20H,1-9H3. The fourth-order valence-electron chi connectivity index (χ4n) is 2.05. The zero-order valence-corrected chi connectivity index (χ0v) is 15.3. The van der Waals surface area contributed by atoms with Gasteiger partial charge in [0.1, 0.15) is 0 Å². The molecule has 0 fully saturated rings. The molecule has 0 amide bonds. The lowest BCUT2D eigenvalue weighted by Crippen LogP contribution is -2.47. The molecule has 0 aromatic heterocycles. The van der Waals surface area contributed by atoms with Gasteiger partial charge in [0.15, 0.2) is 0 Å². The van der Waals surface area contributed by atoms with Crippen LogP contribution in [0.4, 0.5) is 5.69 Å². The minimum Gasteiger partial charge on any atom is -0.426 e. The van der Waals surface area contributed by atoms with Crippen LogP contribution in [-0.2, 0) is 4.65 Å². The lowest BCUT2D eigenvalue weighted by Gasteiger charge is -2.41. The van der Waals surface area contributed by atoms with Gasteiger partial charge in [0, 0.05) is 11.2 Å². The molecule has 21 heavy (non-hydrogen) atoms. The Kier molecular flexibility index (Phi) is 5.20. The monoisotopic (exact) mass is 289 g/mol. The molecule has 0 saturated heterocycles. The molecule has 0 atom stereocenters. The minimum absolute atomic E-state index is 0.0371. The summed E-state index contributed by atoms with van der Waals surface area (Å²) < 4.78 is 6.40. The number of benzene rings is 1. The van der Waals surface area contributed by atoms with Crippen molar-refractivity contribution in [2.45, 2.75) is 73.4 Å². The summed E-state index contributed by atoms with van der Waals surface area (Å²) in [6.07, 6.45) is 0. The van der Waals surface area contributed by atoms with Crippen LogP contribution in [0.5, 0.6) is 0 Å². The first kappa shape index (κ1) is 18.1. The van der Waals surface area contributed by atoms with Crippen molar-refractivity contribution in [3.8, 4) is 0 Å². The van der Waals surface area contributed by atoms with Crippen molar-refractivity contribution < 1.29 is 4.65 Å². The van der Waals surface area contributed by atoms with Gasteiger partial charge in [0.05, 0.1) is 5.60 Å². The van der Waals surface area contributed by atoms with Crippen LogP contribution < -0.4 is 10.8 Å². The maximum atomic E-state index is 6.40. The molecule has 0 spiro atoms. The maximum absolute atomic E-state index is 6.40. The van der Waals surface area contributed by atoms with E-state index in [-0.39, 0.29) is 23.5 Å². The summed E-state index contributed by atoms with van der Waals surface area (Å²) in [5, 5.41) is 3.58. The van der Waals surface area contributed by atoms with Crippen molar-refractivity contribution in [1.29, 1.82) is 0 Å². The molecule has 0 bridgehead atoms. The Morgan fingerprint density at radius 3 is 1.90 bits per heavy atom. The first-order valence-electron chi connectivity index (χ1n) is 7.88. The molecule has 0 aliphatic carbocycles. The lowest BCUT2D eigenvalue weighted by atomic mass is 9.61. The van der Waals surface area contributed by atoms with Crippen molar-refractivity contribution in [2.75, 3.05) is 5.32 Å². The number of hydrogen-bond acceptors (Lipinski definition) is 2. The maximum Gasteiger partial charge on any atom is 0.326 e. The molecule has 1 N–H and O–H groups in total. The van der Waals surface area contributed by atoms with Gasteiger partial charge in [-0.1, -0.05) is 45.8 Å². The zero-order valence-electron chi connectivity index (χ0n) is 15.3. The molecule has 0 aliphatic rings. The van der Waals surface area contributed by atoms with Gasteiger partial charge in [0.2, 0.25) is 0 Å². The lowest BCUT2D eigenvalue weighted by molar-refractivity contribution is 0.000472. The average Bonchev–Trinajstić information content (AvgIpc) is 2.25. The molecule has 1 aromatic rings. The third kappa shape index (κ3) is 5.07. The molecular formula is C18H32BNO. The van der Waals surface area contributed by atoms with Crippen molar-refractivity contribution in [1.82, 2.24) is 0 Å². The molecule has 2 nitrogen and oxygen atoms in total. The number of para-hydroxylation sites is 1. The Balaban J connectivity index is 3.01. The Hall–Kier alpha value is -0.955. The number of anilines is 1. The van der Waals surface area contributed by atoms with Crippen LogP contribution in [0.3, 0.4) is 0 Å². The largest absolute Gasteiger partial charge is 0.426 e. The van der Waals surface area contributed by atoms with E-state index in [1.54, 1.807) is 0 Å². The van der Waals surface area contributed by atoms with E-state index in [2.05, 4.69) is 91.8 Å². The van der Waals surface area contributed by atoms with E-state index in [1.165, 1.54) is 5.46 Å². The van der Waals surface area contributed by atoms with Gasteiger partial charge in [0.25, 0.3) is 0 Å². The van der Waals surface area contributed by atoms with E-state index in [1.807, 2.05) is 0 Å². The summed E-state index contributed by atoms with van der Waals surface area (Å²) in [7, 11) is 0. The SMILES string of the molecule is CB(OC(C)(C)C(C)(C)C)c1ccccc1NC(C)(C)C. The Morgan fingerprint density at radius 1 is 0.905 bits per heavy atom. The van der Waals surface area contributed by atoms with Gasteiger partial charge < -0.3 is 9.97 Å². The van der Waals surface area contributed by atoms with Gasteiger partial charge in [-0.05, 0) is 51.6 Å². The van der Waals surface area contributed by atoms with Crippen LogP contribution in [0.2, 0.25) is 6.82 Å². The van der Waals surface area contributed by atoms with E-state index in [0.29, 0.717) is 0 Å². The third-order valence-electron chi connectivity index (χ3n) is 4.19. The van der Waals surface area contributed by atoms with Crippen LogP contribution in [-0.4, -0.2) is 18.1 Å². The predicted molar refractivity (Wildman–Crippen MR) is 95.7 cm³/mol. The predicted octanol–water partition coefficient (Wildman–Crippen LogP) is 4.57. The first-order chi connectivity index (χ1) is 9.33. The molecule has 0 saturated carbocycles. The number of rotatable bonds is 4. The third-order valence-corrected chi connectivity index (χ3v) is 4.19. The van der Waals surface area contributed by atoms with Crippen molar-refractivity contribution in [3.63, 3.8) is 0 Å². The highest BCUT2D eigenvalue weighted by Gasteiger charge is 2.36. The van der Waals surface area contributed by atoms with Gasteiger partial charge in [-0.3, -0.25) is 0 Å². The Labute approximate surface area is 131 Å². The molecule has 1 aromatic carbocycles. The molecular weight excluding hydrogens is 257 g/mol. The van der Waals surface area contributed by atoms with Gasteiger partial charge >= 0.3 is 6.92 Å². The van der Waals surface area contributed by atoms with E-state index >= 15 is 0 Å². The summed E-state index contributed by atoms with van der Waals surface area (Å²) in [4.78, 5) is 0. The van der Waals surface area contributed by atoms with E-state index in [4.69, 9.17) is 4.65 Å². The van der Waals surface area contributed by atoms with Crippen LogP contribution in [0, 0.1) is 5.41 Å². The second-order valence-corrected chi connectivity index (χ2v) is 8.48. The highest BCUT2D eigenvalue weighted by Crippen LogP contribution is 2.33. The highest BCUT2D eigenvalue weighted by atomic mass is 16.5. The highest BCUT2D eigenvalue weighted by molar-refractivity contribution is 6.67. The first-order valence-corrected chi connectivity index (χ1v) is 7.88. The smallest absolute Gasteiger partial charge is 0.326 e. The zero-order chi connectivity index (χ0) is 16.5. The Bertz CT molecular complexity index is 469. The Morgan fingerprint density at radius 2 is 1.43 bits per heavy atom. The van der Waals surface area contributed by atoms with Crippen LogP contribution in [0.15, 0.2) is 24.3 Å². The summed E-state index contributed by atoms with van der Waals surface area (Å²) in [6.45, 7) is 19.7. The van der Waals surface area contributed by atoms with Crippen LogP contribution in [0.25, 0.3) is 0 Å². The fourth-order valence-corrected chi connectivity index (χ4v) is 2.05. The molecule has 0 unspecified atom stereocenters. The van der Waals surface area contributed by atoms with Crippen molar-refractivity contribution >= 4 is 18.1 Å². The number of hydrogen-bond donors (Lipinski definition) is 1. The quantitative estimate of drug-likeness (QED) is 0.820. The van der Waals surface area contributed by atoms with E-state index in [0.717, 1.165) is 5.69 Å². The summed E-state index contributed by atoms with van der Waals surface area (Å²) in [5.41, 5.74) is 2.30. The summed E-state index contributed by atoms with van der Waals surface area (Å²) in [5.74, 6) is 0. The molecule has 0 radical (unpaired) electrons. The van der Waals surface area contributed by atoms with Gasteiger partial charge in [-0.2, -0.15) is 0 Å². The average molecular weight is 289 g/mol. The van der Waals surface area contributed by atoms with Gasteiger partial charge in [-0.25, -0.2) is 0 Å². The van der Waals surface area contributed by atoms with E-state index in [9.17, 15) is 0 Å². The molecule has 118 valence electrons. The normalized spacial score (nSPS) is 13.2. The van der Waals surface area contributed by atoms with Crippen LogP contribution in [0.1, 0.15) is 55.4 Å². The van der Waals surface area contributed by atoms with E-state index < -0.39 is 0 Å². The molecule has 1 rings (SSSR count). The van der Waals surface area contributed by atoms with Crippen LogP contribution >= 0.6 is 0 Å². The van der Waals surface area contributed by atoms with Crippen molar-refractivity contribution in [3.05, 3.63) is 24.3 Å². The minimum atomic E-state index is -0.193. The molecule has 0 heterocycles. The number of nitrogens with one attached hydrogen (secondary N) is 1. The fraction of sp³-hybridized carbons (Fsp3) is 0.667. The molecule has 0 aliphatic heterocycles.